The lowest BCUT2D eigenvalue weighted by molar-refractivity contribution is -0.121. The normalized spacial score (nSPS) is 20.4. The molecule has 104 valence electrons. The van der Waals surface area contributed by atoms with Crippen LogP contribution in [0.4, 0.5) is 4.39 Å². The molecule has 2 rings (SSSR count). The van der Waals surface area contributed by atoms with Gasteiger partial charge in [-0.3, -0.25) is 4.79 Å². The molecular formula is C14H19FN2OS. The van der Waals surface area contributed by atoms with Gasteiger partial charge in [0.1, 0.15) is 5.82 Å². The van der Waals surface area contributed by atoms with Gasteiger partial charge in [-0.05, 0) is 36.3 Å². The standard InChI is InChI=1S/C14H19FN2OS/c15-12-3-1-10(2-4-12)7-11(14(16)18)8-17-13-5-6-19-9-13/h1-4,11,13,17H,5-9H2,(H2,16,18)/t11-,13-/m0/s1. The second-order valence-corrected chi connectivity index (χ2v) is 6.05. The minimum Gasteiger partial charge on any atom is -0.369 e. The number of thioether (sulfide) groups is 1. The number of carbonyl (C=O) groups is 1. The first kappa shape index (κ1) is 14.3. The molecule has 1 aliphatic rings. The summed E-state index contributed by atoms with van der Waals surface area (Å²) in [6.45, 7) is 0.595. The predicted molar refractivity (Wildman–Crippen MR) is 76.5 cm³/mol. The summed E-state index contributed by atoms with van der Waals surface area (Å²) >= 11 is 1.93. The van der Waals surface area contributed by atoms with Gasteiger partial charge in [0.25, 0.3) is 0 Å². The summed E-state index contributed by atoms with van der Waals surface area (Å²) in [4.78, 5) is 11.5. The molecule has 0 aromatic heterocycles. The molecule has 0 spiro atoms. The number of halogens is 1. The summed E-state index contributed by atoms with van der Waals surface area (Å²) in [6.07, 6.45) is 1.70. The maximum Gasteiger partial charge on any atom is 0.222 e. The van der Waals surface area contributed by atoms with Crippen LogP contribution in [0.15, 0.2) is 24.3 Å². The molecule has 5 heteroatoms. The summed E-state index contributed by atoms with van der Waals surface area (Å²) < 4.78 is 12.8. The van der Waals surface area contributed by atoms with Gasteiger partial charge in [-0.1, -0.05) is 12.1 Å². The predicted octanol–water partition coefficient (Wildman–Crippen LogP) is 1.56. The number of benzene rings is 1. The molecule has 1 amide bonds. The van der Waals surface area contributed by atoms with Crippen molar-refractivity contribution in [2.24, 2.45) is 11.7 Å². The Bertz CT molecular complexity index is 418. The van der Waals surface area contributed by atoms with E-state index in [0.29, 0.717) is 19.0 Å². The van der Waals surface area contributed by atoms with E-state index in [1.54, 1.807) is 12.1 Å². The quantitative estimate of drug-likeness (QED) is 0.832. The van der Waals surface area contributed by atoms with E-state index in [-0.39, 0.29) is 17.6 Å². The average molecular weight is 282 g/mol. The van der Waals surface area contributed by atoms with Gasteiger partial charge >= 0.3 is 0 Å². The highest BCUT2D eigenvalue weighted by Crippen LogP contribution is 2.17. The Morgan fingerprint density at radius 1 is 1.47 bits per heavy atom. The topological polar surface area (TPSA) is 55.1 Å². The van der Waals surface area contributed by atoms with E-state index in [1.165, 1.54) is 17.9 Å². The third-order valence-corrected chi connectivity index (χ3v) is 4.54. The van der Waals surface area contributed by atoms with Crippen LogP contribution in [0.25, 0.3) is 0 Å². The zero-order valence-electron chi connectivity index (χ0n) is 10.8. The monoisotopic (exact) mass is 282 g/mol. The first-order chi connectivity index (χ1) is 9.15. The number of nitrogens with one attached hydrogen (secondary N) is 1. The van der Waals surface area contributed by atoms with Crippen molar-refractivity contribution in [2.45, 2.75) is 18.9 Å². The second-order valence-electron chi connectivity index (χ2n) is 4.90. The molecule has 19 heavy (non-hydrogen) atoms. The fourth-order valence-electron chi connectivity index (χ4n) is 2.18. The van der Waals surface area contributed by atoms with Crippen LogP contribution < -0.4 is 11.1 Å². The van der Waals surface area contributed by atoms with Crippen molar-refractivity contribution in [1.82, 2.24) is 5.32 Å². The minimum absolute atomic E-state index is 0.240. The van der Waals surface area contributed by atoms with Crippen molar-refractivity contribution in [3.8, 4) is 0 Å². The third kappa shape index (κ3) is 4.51. The molecule has 1 aliphatic heterocycles. The molecule has 1 aromatic carbocycles. The van der Waals surface area contributed by atoms with E-state index in [4.69, 9.17) is 5.73 Å². The zero-order valence-corrected chi connectivity index (χ0v) is 11.6. The van der Waals surface area contributed by atoms with Gasteiger partial charge in [-0.15, -0.1) is 0 Å². The van der Waals surface area contributed by atoms with E-state index in [9.17, 15) is 9.18 Å². The summed E-state index contributed by atoms with van der Waals surface area (Å²) in [5.74, 6) is 1.47. The molecule has 3 N–H and O–H groups in total. The summed E-state index contributed by atoms with van der Waals surface area (Å²) in [5.41, 5.74) is 6.38. The Labute approximate surface area is 117 Å². The minimum atomic E-state index is -0.303. The lowest BCUT2D eigenvalue weighted by Gasteiger charge is -2.17. The van der Waals surface area contributed by atoms with Gasteiger partial charge in [0, 0.05) is 18.3 Å². The summed E-state index contributed by atoms with van der Waals surface area (Å²) in [6, 6.07) is 6.72. The van der Waals surface area contributed by atoms with Crippen molar-refractivity contribution in [1.29, 1.82) is 0 Å². The molecular weight excluding hydrogens is 263 g/mol. The van der Waals surface area contributed by atoms with Crippen LogP contribution in [0.3, 0.4) is 0 Å². The molecule has 1 heterocycles. The number of carbonyl (C=O) groups excluding carboxylic acids is 1. The molecule has 0 unspecified atom stereocenters. The fourth-order valence-corrected chi connectivity index (χ4v) is 3.37. The number of amides is 1. The maximum absolute atomic E-state index is 12.8. The van der Waals surface area contributed by atoms with Gasteiger partial charge in [-0.25, -0.2) is 4.39 Å². The van der Waals surface area contributed by atoms with Crippen molar-refractivity contribution in [3.63, 3.8) is 0 Å². The highest BCUT2D eigenvalue weighted by Gasteiger charge is 2.20. The zero-order chi connectivity index (χ0) is 13.7. The number of primary amides is 1. The molecule has 2 atom stereocenters. The molecule has 1 saturated heterocycles. The molecule has 0 saturated carbocycles. The van der Waals surface area contributed by atoms with Crippen molar-refractivity contribution in [3.05, 3.63) is 35.6 Å². The van der Waals surface area contributed by atoms with Gasteiger partial charge in [-0.2, -0.15) is 11.8 Å². The first-order valence-corrected chi connectivity index (χ1v) is 7.65. The fraction of sp³-hybridized carbons (Fsp3) is 0.500. The molecule has 1 aromatic rings. The number of nitrogens with two attached hydrogens (primary N) is 1. The average Bonchev–Trinajstić information content (AvgIpc) is 2.89. The highest BCUT2D eigenvalue weighted by atomic mass is 32.2. The van der Waals surface area contributed by atoms with Gasteiger partial charge < -0.3 is 11.1 Å². The second kappa shape index (κ2) is 6.91. The van der Waals surface area contributed by atoms with Gasteiger partial charge in [0.15, 0.2) is 0 Å². The van der Waals surface area contributed by atoms with Crippen LogP contribution in [0.5, 0.6) is 0 Å². The largest absolute Gasteiger partial charge is 0.369 e. The van der Waals surface area contributed by atoms with Gasteiger partial charge in [0.05, 0.1) is 5.92 Å². The van der Waals surface area contributed by atoms with Crippen LogP contribution in [0.2, 0.25) is 0 Å². The Morgan fingerprint density at radius 3 is 2.79 bits per heavy atom. The van der Waals surface area contributed by atoms with Crippen LogP contribution >= 0.6 is 11.8 Å². The number of hydrogen-bond donors (Lipinski definition) is 2. The smallest absolute Gasteiger partial charge is 0.222 e. The Kier molecular flexibility index (Phi) is 5.22. The van der Waals surface area contributed by atoms with Crippen LogP contribution in [-0.4, -0.2) is 30.0 Å². The third-order valence-electron chi connectivity index (χ3n) is 3.38. The van der Waals surface area contributed by atoms with Crippen molar-refractivity contribution >= 4 is 17.7 Å². The summed E-state index contributed by atoms with van der Waals surface area (Å²) in [7, 11) is 0. The number of hydrogen-bond acceptors (Lipinski definition) is 3. The van der Waals surface area contributed by atoms with Gasteiger partial charge in [0.2, 0.25) is 5.91 Å². The van der Waals surface area contributed by atoms with E-state index in [2.05, 4.69) is 5.32 Å². The molecule has 1 fully saturated rings. The Morgan fingerprint density at radius 2 is 2.21 bits per heavy atom. The van der Waals surface area contributed by atoms with Crippen LogP contribution in [0, 0.1) is 11.7 Å². The molecule has 3 nitrogen and oxygen atoms in total. The van der Waals surface area contributed by atoms with Crippen molar-refractivity contribution in [2.75, 3.05) is 18.1 Å². The summed E-state index contributed by atoms with van der Waals surface area (Å²) in [5, 5.41) is 3.40. The Hall–Kier alpha value is -1.07. The Balaban J connectivity index is 1.88. The molecule has 0 aliphatic carbocycles. The van der Waals surface area contributed by atoms with E-state index in [1.807, 2.05) is 11.8 Å². The lowest BCUT2D eigenvalue weighted by atomic mass is 9.98. The highest BCUT2D eigenvalue weighted by molar-refractivity contribution is 7.99. The SMILES string of the molecule is NC(=O)[C@H](CN[C@H]1CCSC1)Cc1ccc(F)cc1. The number of rotatable bonds is 6. The van der Waals surface area contributed by atoms with Crippen molar-refractivity contribution < 1.29 is 9.18 Å². The van der Waals surface area contributed by atoms with E-state index in [0.717, 1.165) is 17.7 Å². The molecule has 0 radical (unpaired) electrons. The molecule has 0 bridgehead atoms. The lowest BCUT2D eigenvalue weighted by Crippen LogP contribution is -2.39. The van der Waals surface area contributed by atoms with Crippen LogP contribution in [0.1, 0.15) is 12.0 Å². The van der Waals surface area contributed by atoms with E-state index >= 15 is 0 Å². The first-order valence-electron chi connectivity index (χ1n) is 6.50. The van der Waals surface area contributed by atoms with Crippen LogP contribution in [-0.2, 0) is 11.2 Å². The maximum atomic E-state index is 12.8. The van der Waals surface area contributed by atoms with E-state index < -0.39 is 0 Å².